The number of aryl methyl sites for hydroxylation is 2. The third-order valence-corrected chi connectivity index (χ3v) is 6.32. The van der Waals surface area contributed by atoms with Crippen LogP contribution in [0.25, 0.3) is 10.8 Å². The third kappa shape index (κ3) is 6.46. The Bertz CT molecular complexity index is 1380. The molecule has 6 nitrogen and oxygen atoms in total. The Labute approximate surface area is 220 Å². The number of rotatable bonds is 10. The number of nitrogens with zero attached hydrogens (tertiary/aromatic N) is 1. The van der Waals surface area contributed by atoms with Crippen molar-refractivity contribution in [1.29, 1.82) is 0 Å². The Balaban J connectivity index is 1.65. The maximum absolute atomic E-state index is 13.4. The number of benzene rings is 3. The summed E-state index contributed by atoms with van der Waals surface area (Å²) in [6.07, 6.45) is 1.97. The fourth-order valence-electron chi connectivity index (χ4n) is 4.06. The van der Waals surface area contributed by atoms with E-state index in [0.717, 1.165) is 17.5 Å². The molecular weight excluding hydrogens is 490 g/mol. The predicted octanol–water partition coefficient (Wildman–Crippen LogP) is 6.36. The molecule has 190 valence electrons. The summed E-state index contributed by atoms with van der Waals surface area (Å²) in [5, 5.41) is 0.774. The highest BCUT2D eigenvalue weighted by Crippen LogP contribution is 2.33. The zero-order chi connectivity index (χ0) is 26.2. The van der Waals surface area contributed by atoms with Crippen LogP contribution in [0, 0.1) is 0 Å². The fraction of sp³-hybridized carbons (Fsp3) is 0.233. The van der Waals surface area contributed by atoms with Crippen molar-refractivity contribution in [2.75, 3.05) is 11.5 Å². The molecule has 0 unspecified atom stereocenters. The SMILES string of the molecule is CCCOc1oc(=O)c2cc(N(C(=O)CCc3ccccc3)C(=O)CCc3ccccc3)ccc2c1Cl. The zero-order valence-electron chi connectivity index (χ0n) is 20.6. The van der Waals surface area contributed by atoms with Gasteiger partial charge in [-0.15, -0.1) is 0 Å². The van der Waals surface area contributed by atoms with Gasteiger partial charge in [0.15, 0.2) is 0 Å². The van der Waals surface area contributed by atoms with Gasteiger partial charge in [0.05, 0.1) is 17.7 Å². The number of halogens is 1. The van der Waals surface area contributed by atoms with E-state index in [9.17, 15) is 14.4 Å². The molecule has 0 aliphatic carbocycles. The smallest absolute Gasteiger partial charge is 0.346 e. The van der Waals surface area contributed by atoms with E-state index in [-0.39, 0.29) is 41.0 Å². The Hall–Kier alpha value is -3.90. The molecule has 0 atom stereocenters. The van der Waals surface area contributed by atoms with Crippen molar-refractivity contribution in [2.45, 2.75) is 39.0 Å². The van der Waals surface area contributed by atoms with Crippen LogP contribution in [0.2, 0.25) is 5.02 Å². The molecule has 0 radical (unpaired) electrons. The first-order valence-electron chi connectivity index (χ1n) is 12.3. The maximum Gasteiger partial charge on any atom is 0.346 e. The van der Waals surface area contributed by atoms with Gasteiger partial charge >= 0.3 is 11.6 Å². The molecule has 0 N–H and O–H groups in total. The first-order chi connectivity index (χ1) is 18.0. The molecule has 1 heterocycles. The van der Waals surface area contributed by atoms with E-state index in [1.807, 2.05) is 67.6 Å². The minimum atomic E-state index is -0.652. The Morgan fingerprint density at radius 2 is 1.41 bits per heavy atom. The molecule has 0 spiro atoms. The number of carbonyl (C=O) groups excluding carboxylic acids is 2. The largest absolute Gasteiger partial charge is 0.464 e. The standard InChI is InChI=1S/C30H28ClNO5/c1-2-19-36-30-28(31)24-16-15-23(20-25(24)29(35)37-30)32(26(33)17-13-21-9-5-3-6-10-21)27(34)18-14-22-11-7-4-8-12-22/h3-12,15-16,20H,2,13-14,17-19H2,1H3. The van der Waals surface area contributed by atoms with E-state index in [1.54, 1.807) is 12.1 Å². The average Bonchev–Trinajstić information content (AvgIpc) is 2.93. The number of hydrogen-bond donors (Lipinski definition) is 0. The summed E-state index contributed by atoms with van der Waals surface area (Å²) in [4.78, 5) is 40.7. The molecule has 0 aliphatic heterocycles. The van der Waals surface area contributed by atoms with Gasteiger partial charge in [0.1, 0.15) is 5.02 Å². The fourth-order valence-corrected chi connectivity index (χ4v) is 4.31. The second-order valence-electron chi connectivity index (χ2n) is 8.66. The second-order valence-corrected chi connectivity index (χ2v) is 9.04. The van der Waals surface area contributed by atoms with Gasteiger partial charge in [0.2, 0.25) is 11.8 Å². The van der Waals surface area contributed by atoms with Gasteiger partial charge in [-0.2, -0.15) is 0 Å². The molecule has 0 bridgehead atoms. The van der Waals surface area contributed by atoms with Crippen LogP contribution in [-0.2, 0) is 22.4 Å². The lowest BCUT2D eigenvalue weighted by atomic mass is 10.1. The van der Waals surface area contributed by atoms with Gasteiger partial charge < -0.3 is 9.15 Å². The van der Waals surface area contributed by atoms with E-state index < -0.39 is 5.63 Å². The molecular formula is C30H28ClNO5. The first kappa shape index (κ1) is 26.2. The first-order valence-corrected chi connectivity index (χ1v) is 12.7. The number of carbonyl (C=O) groups is 2. The van der Waals surface area contributed by atoms with E-state index in [2.05, 4.69) is 0 Å². The summed E-state index contributed by atoms with van der Waals surface area (Å²) in [7, 11) is 0. The molecule has 4 aromatic rings. The molecule has 0 saturated heterocycles. The van der Waals surface area contributed by atoms with E-state index in [0.29, 0.717) is 30.5 Å². The van der Waals surface area contributed by atoms with Crippen LogP contribution in [0.4, 0.5) is 5.69 Å². The summed E-state index contributed by atoms with van der Waals surface area (Å²) >= 11 is 6.44. The molecule has 0 saturated carbocycles. The third-order valence-electron chi connectivity index (χ3n) is 5.96. The van der Waals surface area contributed by atoms with Gasteiger partial charge in [-0.3, -0.25) is 14.5 Å². The summed E-state index contributed by atoms with van der Waals surface area (Å²) in [5.41, 5.74) is 1.64. The molecule has 0 aliphatic rings. The Morgan fingerprint density at radius 3 is 1.95 bits per heavy atom. The Kier molecular flexibility index (Phi) is 8.75. The lowest BCUT2D eigenvalue weighted by Crippen LogP contribution is -2.37. The highest BCUT2D eigenvalue weighted by molar-refractivity contribution is 6.36. The summed E-state index contributed by atoms with van der Waals surface area (Å²) in [6.45, 7) is 2.28. The van der Waals surface area contributed by atoms with Crippen LogP contribution in [0.3, 0.4) is 0 Å². The van der Waals surface area contributed by atoms with E-state index in [1.165, 1.54) is 11.0 Å². The average molecular weight is 518 g/mol. The zero-order valence-corrected chi connectivity index (χ0v) is 21.4. The molecule has 7 heteroatoms. The van der Waals surface area contributed by atoms with E-state index in [4.69, 9.17) is 20.8 Å². The van der Waals surface area contributed by atoms with Crippen molar-refractivity contribution < 1.29 is 18.7 Å². The minimum absolute atomic E-state index is 0.0384. The monoisotopic (exact) mass is 517 g/mol. The van der Waals surface area contributed by atoms with Crippen molar-refractivity contribution in [3.05, 3.63) is 105 Å². The number of imide groups is 1. The lowest BCUT2D eigenvalue weighted by molar-refractivity contribution is -0.126. The van der Waals surface area contributed by atoms with Gasteiger partial charge in [-0.25, -0.2) is 4.79 Å². The van der Waals surface area contributed by atoms with E-state index >= 15 is 0 Å². The molecule has 4 rings (SSSR count). The van der Waals surface area contributed by atoms with Crippen LogP contribution < -0.4 is 15.3 Å². The van der Waals surface area contributed by atoms with Crippen LogP contribution in [0.5, 0.6) is 5.95 Å². The van der Waals surface area contributed by atoms with Gasteiger partial charge in [-0.05, 0) is 42.5 Å². The van der Waals surface area contributed by atoms with Crippen LogP contribution in [0.15, 0.2) is 88.1 Å². The molecule has 1 aromatic heterocycles. The second kappa shape index (κ2) is 12.4. The minimum Gasteiger partial charge on any atom is -0.464 e. The van der Waals surface area contributed by atoms with Crippen LogP contribution in [0.1, 0.15) is 37.3 Å². The number of fused-ring (bicyclic) bond motifs is 1. The molecule has 3 aromatic carbocycles. The van der Waals surface area contributed by atoms with Gasteiger partial charge in [0.25, 0.3) is 0 Å². The predicted molar refractivity (Wildman–Crippen MR) is 145 cm³/mol. The van der Waals surface area contributed by atoms with Gasteiger partial charge in [0, 0.05) is 18.2 Å². The number of anilines is 1. The normalized spacial score (nSPS) is 10.9. The number of hydrogen-bond acceptors (Lipinski definition) is 5. The van der Waals surface area contributed by atoms with Crippen molar-refractivity contribution >= 4 is 39.9 Å². The number of amides is 2. The Morgan fingerprint density at radius 1 is 0.838 bits per heavy atom. The van der Waals surface area contributed by atoms with Crippen LogP contribution in [-0.4, -0.2) is 18.4 Å². The summed E-state index contributed by atoms with van der Waals surface area (Å²) in [6, 6.07) is 23.9. The summed E-state index contributed by atoms with van der Waals surface area (Å²) in [5.74, 6) is -0.734. The molecule has 2 amide bonds. The molecule has 37 heavy (non-hydrogen) atoms. The summed E-state index contributed by atoms with van der Waals surface area (Å²) < 4.78 is 10.8. The maximum atomic E-state index is 13.4. The highest BCUT2D eigenvalue weighted by atomic mass is 35.5. The topological polar surface area (TPSA) is 76.8 Å². The van der Waals surface area contributed by atoms with Crippen LogP contribution >= 0.6 is 11.6 Å². The van der Waals surface area contributed by atoms with Gasteiger partial charge in [-0.1, -0.05) is 85.3 Å². The highest BCUT2D eigenvalue weighted by Gasteiger charge is 2.25. The lowest BCUT2D eigenvalue weighted by Gasteiger charge is -2.22. The number of ether oxygens (including phenoxy) is 1. The van der Waals surface area contributed by atoms with Crippen molar-refractivity contribution in [2.24, 2.45) is 0 Å². The quantitative estimate of drug-likeness (QED) is 0.244. The van der Waals surface area contributed by atoms with Crippen molar-refractivity contribution in [3.63, 3.8) is 0 Å². The van der Waals surface area contributed by atoms with Crippen molar-refractivity contribution in [3.8, 4) is 5.95 Å². The van der Waals surface area contributed by atoms with Crippen molar-refractivity contribution in [1.82, 2.24) is 0 Å². The molecule has 0 fully saturated rings.